The third kappa shape index (κ3) is 17.9. The normalized spacial score (nSPS) is 12.7. The first-order valence-electron chi connectivity index (χ1n) is 43.9. The van der Waals surface area contributed by atoms with E-state index < -0.39 is 0 Å². The summed E-state index contributed by atoms with van der Waals surface area (Å²) in [7, 11) is 0. The Hall–Kier alpha value is -18.2. The lowest BCUT2D eigenvalue weighted by Crippen LogP contribution is -2.02. The molecule has 3 aliphatic carbocycles. The van der Waals surface area contributed by atoms with Crippen LogP contribution in [-0.4, -0.2) is 17.3 Å². The molecule has 0 spiro atoms. The second-order valence-electron chi connectivity index (χ2n) is 32.3. The quantitative estimate of drug-likeness (QED) is 0.0905. The van der Waals surface area contributed by atoms with Crippen LogP contribution in [0, 0.1) is 59.2 Å². The minimum absolute atomic E-state index is 0.0634. The van der Waals surface area contributed by atoms with Gasteiger partial charge in [0.25, 0.3) is 0 Å². The molecule has 0 bridgehead atoms. The molecule has 0 radical (unpaired) electrons. The second kappa shape index (κ2) is 37.9. The van der Waals surface area contributed by atoms with E-state index in [1.165, 1.54) is 0 Å². The van der Waals surface area contributed by atoms with Gasteiger partial charge in [0.05, 0.1) is 0 Å². The third-order valence-electron chi connectivity index (χ3n) is 23.7. The van der Waals surface area contributed by atoms with E-state index in [4.69, 9.17) is 4.74 Å². The molecule has 0 aliphatic heterocycles. The molecule has 0 aromatic heterocycles. The van der Waals surface area contributed by atoms with Gasteiger partial charge < -0.3 is 4.74 Å². The fourth-order valence-electron chi connectivity index (χ4n) is 17.3. The van der Waals surface area contributed by atoms with Crippen molar-refractivity contribution in [3.8, 4) is 70.7 Å². The van der Waals surface area contributed by atoms with E-state index in [2.05, 4.69) is 132 Å². The third-order valence-corrected chi connectivity index (χ3v) is 23.7. The van der Waals surface area contributed by atoms with E-state index in [0.717, 1.165) is 167 Å². The lowest BCUT2D eigenvalue weighted by molar-refractivity contribution is -0.109. The van der Waals surface area contributed by atoms with Gasteiger partial charge in [-0.3, -0.25) is 14.4 Å². The molecule has 4 heteroatoms. The molecular weight excluding hydrogens is 1600 g/mol. The summed E-state index contributed by atoms with van der Waals surface area (Å²) < 4.78 is 6.83. The number of hydrogen-bond donors (Lipinski definition) is 0. The zero-order valence-electron chi connectivity index (χ0n) is 71.7. The first-order valence-corrected chi connectivity index (χ1v) is 43.9. The molecule has 132 heavy (non-hydrogen) atoms. The van der Waals surface area contributed by atoms with Crippen LogP contribution in [0.15, 0.2) is 461 Å². The number of benzene rings is 17. The first-order chi connectivity index (χ1) is 65.2. The molecule has 3 aliphatic rings. The van der Waals surface area contributed by atoms with E-state index in [0.29, 0.717) is 51.4 Å². The molecule has 17 aromatic carbocycles. The van der Waals surface area contributed by atoms with E-state index in [-0.39, 0.29) is 17.3 Å². The molecule has 0 heterocycles. The number of hydrogen-bond acceptors (Lipinski definition) is 4. The summed E-state index contributed by atoms with van der Waals surface area (Å²) in [6.45, 7) is 0. The fourth-order valence-corrected chi connectivity index (χ4v) is 17.3. The van der Waals surface area contributed by atoms with Crippen LogP contribution >= 0.6 is 0 Å². The molecule has 0 saturated carbocycles. The van der Waals surface area contributed by atoms with E-state index in [1.54, 1.807) is 0 Å². The maximum atomic E-state index is 16.0. The Morgan fingerprint density at radius 3 is 0.455 bits per heavy atom. The zero-order valence-corrected chi connectivity index (χ0v) is 71.7. The average Bonchev–Trinajstić information content (AvgIpc) is 1.59. The average molecular weight is 1680 g/mol. The smallest absolute Gasteiger partial charge is 0.195 e. The molecule has 614 valence electrons. The van der Waals surface area contributed by atoms with Gasteiger partial charge >= 0.3 is 0 Å². The first kappa shape index (κ1) is 82.1. The van der Waals surface area contributed by atoms with Crippen LogP contribution < -0.4 is 4.74 Å². The van der Waals surface area contributed by atoms with Crippen LogP contribution in [0.2, 0.25) is 0 Å². The van der Waals surface area contributed by atoms with Crippen molar-refractivity contribution in [2.75, 3.05) is 0 Å². The molecule has 20 rings (SSSR count). The Bertz CT molecular complexity index is 7850. The Balaban J connectivity index is 0.637. The van der Waals surface area contributed by atoms with Crippen molar-refractivity contribution in [1.29, 1.82) is 0 Å². The van der Waals surface area contributed by atoms with Crippen LogP contribution in [-0.2, 0) is 20.8 Å². The van der Waals surface area contributed by atoms with Crippen LogP contribution in [0.3, 0.4) is 0 Å². The summed E-state index contributed by atoms with van der Waals surface area (Å²) in [5.41, 5.74) is 29.2. The van der Waals surface area contributed by atoms with Crippen molar-refractivity contribution in [1.82, 2.24) is 0 Å². The van der Waals surface area contributed by atoms with Crippen molar-refractivity contribution >= 4 is 84.2 Å². The molecule has 0 N–H and O–H groups in total. The summed E-state index contributed by atoms with van der Waals surface area (Å²) in [6, 6.07) is 153. The number of allylic oxidation sites excluding steroid dienone is 12. The Labute approximate surface area is 769 Å². The molecule has 17 aromatic rings. The maximum Gasteiger partial charge on any atom is 0.195 e. The lowest BCUT2D eigenvalue weighted by Gasteiger charge is -2.16. The highest BCUT2D eigenvalue weighted by Crippen LogP contribution is 2.54. The molecule has 0 atom stereocenters. The number of Topliss-reactive ketones (excluding diaryl/α,β-unsaturated/α-hetero) is 3. The van der Waals surface area contributed by atoms with E-state index in [1.807, 2.05) is 388 Å². The van der Waals surface area contributed by atoms with Gasteiger partial charge in [0, 0.05) is 123 Å². The second-order valence-corrected chi connectivity index (χ2v) is 32.3. The van der Waals surface area contributed by atoms with Crippen molar-refractivity contribution in [2.45, 2.75) is 6.42 Å². The van der Waals surface area contributed by atoms with Crippen molar-refractivity contribution in [3.63, 3.8) is 0 Å². The predicted molar refractivity (Wildman–Crippen MR) is 538 cm³/mol. The Morgan fingerprint density at radius 1 is 0.136 bits per heavy atom. The topological polar surface area (TPSA) is 60.4 Å². The number of ketones is 3. The Morgan fingerprint density at radius 2 is 0.273 bits per heavy atom. The molecular formula is C128H78O4. The number of carbonyl (C=O) groups excluding carboxylic acids is 3. The summed E-state index contributed by atoms with van der Waals surface area (Å²) in [4.78, 5) is 47.4. The zero-order chi connectivity index (χ0) is 88.9. The highest BCUT2D eigenvalue weighted by molar-refractivity contribution is 6.61. The fraction of sp³-hybridized carbons (Fsp3) is 0.00781. The van der Waals surface area contributed by atoms with Crippen molar-refractivity contribution < 1.29 is 19.1 Å². The summed E-state index contributed by atoms with van der Waals surface area (Å²) in [5.74, 6) is 34.1. The summed E-state index contributed by atoms with van der Waals surface area (Å²) in [6.07, 6.45) is 0.592. The predicted octanol–water partition coefficient (Wildman–Crippen LogP) is 27.4. The SMILES string of the molecule is O=C1C(c2ccc(C#Cc3ccccc3)cc2)=C(c2ccc(C#Cc3ccccc3)cc2)C(c2ccc(Cc3ccc(C4=C(c5ccc(C#Cc6ccccc6)cc5)C(=O)C(c5ccccc5)=C4c4ccc(Oc5ccc(C6=C(c7ccc(C#Cc8ccccc8)cc7)C(=O)C(c7ccccc7)=C6c6ccc(C#Cc7ccccc7)cc6)cc5)cc4)cc3)cc2)=C1c1ccccc1. The summed E-state index contributed by atoms with van der Waals surface area (Å²) >= 11 is 0. The maximum absolute atomic E-state index is 16.0. The van der Waals surface area contributed by atoms with Crippen LogP contribution in [0.5, 0.6) is 11.5 Å². The van der Waals surface area contributed by atoms with Gasteiger partial charge in [-0.05, 0) is 230 Å². The van der Waals surface area contributed by atoms with E-state index >= 15 is 14.4 Å². The van der Waals surface area contributed by atoms with Crippen LogP contribution in [0.1, 0.15) is 134 Å². The number of carbonyl (C=O) groups is 3. The molecule has 4 nitrogen and oxygen atoms in total. The largest absolute Gasteiger partial charge is 0.457 e. The molecule has 0 fully saturated rings. The van der Waals surface area contributed by atoms with Crippen molar-refractivity contribution in [3.05, 3.63) is 595 Å². The minimum atomic E-state index is -0.0996. The van der Waals surface area contributed by atoms with Gasteiger partial charge in [-0.25, -0.2) is 0 Å². The van der Waals surface area contributed by atoms with Gasteiger partial charge in [0.15, 0.2) is 17.3 Å². The van der Waals surface area contributed by atoms with Gasteiger partial charge in [0.1, 0.15) is 11.5 Å². The highest BCUT2D eigenvalue weighted by Gasteiger charge is 2.39. The van der Waals surface area contributed by atoms with Crippen LogP contribution in [0.4, 0.5) is 0 Å². The minimum Gasteiger partial charge on any atom is -0.457 e. The van der Waals surface area contributed by atoms with Crippen molar-refractivity contribution in [2.24, 2.45) is 0 Å². The Kier molecular flexibility index (Phi) is 23.6. The number of ether oxygens (including phenoxy) is 1. The van der Waals surface area contributed by atoms with E-state index in [9.17, 15) is 0 Å². The van der Waals surface area contributed by atoms with Gasteiger partial charge in [0.2, 0.25) is 0 Å². The number of rotatable bonds is 16. The van der Waals surface area contributed by atoms with Gasteiger partial charge in [-0.2, -0.15) is 0 Å². The van der Waals surface area contributed by atoms with Gasteiger partial charge in [-0.15, -0.1) is 0 Å². The lowest BCUT2D eigenvalue weighted by atomic mass is 9.87. The molecule has 0 unspecified atom stereocenters. The van der Waals surface area contributed by atoms with Gasteiger partial charge in [-0.1, -0.05) is 375 Å². The van der Waals surface area contributed by atoms with Crippen LogP contribution in [0.25, 0.3) is 66.9 Å². The molecule has 0 amide bonds. The monoisotopic (exact) mass is 1680 g/mol. The standard InChI is InChI=1S/C128H78O4/c129-126-121(101-37-21-7-22-38-101)115(116(104-67-53-94(54-68-104)47-42-89-27-11-2-12-28-89)123(126)109-69-55-95(56-70-109)48-43-90-29-13-3-14-30-90)105-75-61-98(62-76-105)87-99-63-77-106(78-64-99)117-118(122(102-39-23-8-24-40-102)128(131)124(117)110-71-57-96(58-72-110)49-44-91-31-15-4-16-32-91)107-79-83-112(84-80-107)132-113-85-81-108(82-86-113)119-114(103-65-51-93(52-66-103)46-41-88-25-9-1-10-26-88)120(100-35-19-6-20-36-100)127(130)125(119)111-73-59-97(60-74-111)50-45-92-33-17-5-18-34-92/h1-40,51-86H,87H2. The molecule has 0 saturated heterocycles. The highest BCUT2D eigenvalue weighted by atomic mass is 16.5. The summed E-state index contributed by atoms with van der Waals surface area (Å²) in [5, 5.41) is 0.